The molecule has 0 aliphatic heterocycles. The van der Waals surface area contributed by atoms with Gasteiger partial charge in [-0.05, 0) is 36.2 Å². The van der Waals surface area contributed by atoms with Crippen molar-refractivity contribution in [1.82, 2.24) is 4.72 Å². The molecule has 2 rings (SSSR count). The molecule has 8 heteroatoms. The van der Waals surface area contributed by atoms with Gasteiger partial charge in [0.2, 0.25) is 10.0 Å². The Balaban J connectivity index is 2.14. The van der Waals surface area contributed by atoms with Crippen LogP contribution in [0.1, 0.15) is 15.9 Å². The largest absolute Gasteiger partial charge is 0.496 e. The number of hydrogen-bond acceptors (Lipinski definition) is 4. The quantitative estimate of drug-likeness (QED) is 0.795. The summed E-state index contributed by atoms with van der Waals surface area (Å²) in [6.45, 7) is 0.0133. The van der Waals surface area contributed by atoms with Gasteiger partial charge in [-0.15, -0.1) is 0 Å². The summed E-state index contributed by atoms with van der Waals surface area (Å²) >= 11 is 0. The minimum Gasteiger partial charge on any atom is -0.496 e. The van der Waals surface area contributed by atoms with Gasteiger partial charge in [0.05, 0.1) is 12.7 Å². The molecule has 128 valence electrons. The van der Waals surface area contributed by atoms with Gasteiger partial charge in [0, 0.05) is 6.54 Å². The summed E-state index contributed by atoms with van der Waals surface area (Å²) in [5.74, 6) is -1.72. The molecule has 0 saturated heterocycles. The number of carboxylic acids is 1. The molecule has 0 aliphatic rings. The Morgan fingerprint density at radius 3 is 2.62 bits per heavy atom. The summed E-state index contributed by atoms with van der Waals surface area (Å²) in [6.07, 6.45) is 0.337. The number of rotatable bonds is 7. The third-order valence-electron chi connectivity index (χ3n) is 3.35. The van der Waals surface area contributed by atoms with Gasteiger partial charge in [0.15, 0.2) is 0 Å². The Bertz CT molecular complexity index is 851. The van der Waals surface area contributed by atoms with Gasteiger partial charge in [0.25, 0.3) is 0 Å². The Kier molecular flexibility index (Phi) is 5.53. The number of halogens is 1. The molecular formula is C16H16FNO5S. The van der Waals surface area contributed by atoms with Crippen molar-refractivity contribution in [2.24, 2.45) is 0 Å². The minimum absolute atomic E-state index is 0.0133. The van der Waals surface area contributed by atoms with Crippen molar-refractivity contribution in [3.63, 3.8) is 0 Å². The van der Waals surface area contributed by atoms with E-state index in [9.17, 15) is 17.6 Å². The van der Waals surface area contributed by atoms with E-state index in [-0.39, 0.29) is 12.1 Å². The van der Waals surface area contributed by atoms with Crippen molar-refractivity contribution >= 4 is 16.0 Å². The lowest BCUT2D eigenvalue weighted by Gasteiger charge is -2.10. The molecular weight excluding hydrogens is 337 g/mol. The number of carboxylic acid groups (broad SMARTS) is 1. The summed E-state index contributed by atoms with van der Waals surface area (Å²) in [4.78, 5) is 10.2. The van der Waals surface area contributed by atoms with Crippen LogP contribution in [-0.2, 0) is 16.4 Å². The highest BCUT2D eigenvalue weighted by Crippen LogP contribution is 2.19. The summed E-state index contributed by atoms with van der Waals surface area (Å²) in [5, 5.41) is 8.90. The van der Waals surface area contributed by atoms with Gasteiger partial charge in [0.1, 0.15) is 16.5 Å². The Morgan fingerprint density at radius 1 is 1.25 bits per heavy atom. The van der Waals surface area contributed by atoms with Crippen LogP contribution < -0.4 is 9.46 Å². The van der Waals surface area contributed by atoms with Gasteiger partial charge < -0.3 is 9.84 Å². The van der Waals surface area contributed by atoms with Crippen LogP contribution in [0.2, 0.25) is 0 Å². The Morgan fingerprint density at radius 2 is 1.96 bits per heavy atom. The molecule has 0 fully saturated rings. The first-order valence-electron chi connectivity index (χ1n) is 6.99. The zero-order valence-corrected chi connectivity index (χ0v) is 13.6. The molecule has 24 heavy (non-hydrogen) atoms. The lowest BCUT2D eigenvalue weighted by atomic mass is 10.1. The van der Waals surface area contributed by atoms with Crippen LogP contribution in [0.3, 0.4) is 0 Å². The molecule has 0 heterocycles. The molecule has 0 radical (unpaired) electrons. The first-order chi connectivity index (χ1) is 11.3. The van der Waals surface area contributed by atoms with E-state index in [0.29, 0.717) is 12.2 Å². The van der Waals surface area contributed by atoms with E-state index in [2.05, 4.69) is 4.72 Å². The number of ether oxygens (including phenoxy) is 1. The van der Waals surface area contributed by atoms with Crippen molar-refractivity contribution in [3.05, 3.63) is 59.4 Å². The molecule has 2 aromatic rings. The molecule has 2 aromatic carbocycles. The number of carbonyl (C=O) groups is 1. The zero-order valence-electron chi connectivity index (χ0n) is 12.8. The molecule has 0 aliphatic carbocycles. The van der Waals surface area contributed by atoms with E-state index in [1.165, 1.54) is 7.11 Å². The van der Waals surface area contributed by atoms with E-state index in [1.54, 1.807) is 24.3 Å². The maximum atomic E-state index is 13.8. The predicted molar refractivity (Wildman–Crippen MR) is 85.2 cm³/mol. The molecule has 6 nitrogen and oxygen atoms in total. The number of hydrogen-bond donors (Lipinski definition) is 2. The van der Waals surface area contributed by atoms with Crippen LogP contribution >= 0.6 is 0 Å². The number of methoxy groups -OCH3 is 1. The fourth-order valence-corrected chi connectivity index (χ4v) is 3.28. The van der Waals surface area contributed by atoms with Gasteiger partial charge in [-0.1, -0.05) is 18.2 Å². The third kappa shape index (κ3) is 4.09. The number of para-hydroxylation sites is 1. The zero-order chi connectivity index (χ0) is 17.7. The second kappa shape index (κ2) is 7.41. The Labute approximate surface area is 138 Å². The molecule has 0 unspecified atom stereocenters. The summed E-state index contributed by atoms with van der Waals surface area (Å²) in [5.41, 5.74) is 0.490. The fourth-order valence-electron chi connectivity index (χ4n) is 2.15. The lowest BCUT2D eigenvalue weighted by molar-refractivity contribution is 0.0696. The molecule has 2 N–H and O–H groups in total. The lowest BCUT2D eigenvalue weighted by Crippen LogP contribution is -2.27. The second-order valence-corrected chi connectivity index (χ2v) is 6.65. The molecule has 0 aromatic heterocycles. The van der Waals surface area contributed by atoms with Crippen molar-refractivity contribution in [3.8, 4) is 5.75 Å². The maximum Gasteiger partial charge on any atom is 0.335 e. The summed E-state index contributed by atoms with van der Waals surface area (Å²) in [6, 6.07) is 9.74. The van der Waals surface area contributed by atoms with Crippen molar-refractivity contribution in [1.29, 1.82) is 0 Å². The fraction of sp³-hybridized carbons (Fsp3) is 0.188. The van der Waals surface area contributed by atoms with Gasteiger partial charge in [-0.2, -0.15) is 0 Å². The average Bonchev–Trinajstić information content (AvgIpc) is 2.55. The highest BCUT2D eigenvalue weighted by atomic mass is 32.2. The van der Waals surface area contributed by atoms with E-state index < -0.39 is 26.7 Å². The van der Waals surface area contributed by atoms with Crippen molar-refractivity contribution in [2.75, 3.05) is 13.7 Å². The molecule has 0 spiro atoms. The van der Waals surface area contributed by atoms with Gasteiger partial charge in [-0.3, -0.25) is 0 Å². The van der Waals surface area contributed by atoms with Crippen LogP contribution in [0.4, 0.5) is 4.39 Å². The van der Waals surface area contributed by atoms with E-state index in [1.807, 2.05) is 0 Å². The van der Waals surface area contributed by atoms with E-state index >= 15 is 0 Å². The number of benzene rings is 2. The summed E-state index contributed by atoms with van der Waals surface area (Å²) in [7, 11) is -2.66. The van der Waals surface area contributed by atoms with Crippen LogP contribution in [-0.4, -0.2) is 33.1 Å². The smallest absolute Gasteiger partial charge is 0.335 e. The highest BCUT2D eigenvalue weighted by Gasteiger charge is 2.20. The normalized spacial score (nSPS) is 11.2. The Hall–Kier alpha value is -2.45. The van der Waals surface area contributed by atoms with Crippen LogP contribution in [0.15, 0.2) is 47.4 Å². The number of nitrogens with one attached hydrogen (secondary N) is 1. The maximum absolute atomic E-state index is 13.8. The van der Waals surface area contributed by atoms with Crippen molar-refractivity contribution in [2.45, 2.75) is 11.3 Å². The molecule has 0 saturated carbocycles. The van der Waals surface area contributed by atoms with Gasteiger partial charge in [-0.25, -0.2) is 22.3 Å². The molecule has 0 bridgehead atoms. The topological polar surface area (TPSA) is 92.7 Å². The monoisotopic (exact) mass is 353 g/mol. The van der Waals surface area contributed by atoms with Crippen LogP contribution in [0.25, 0.3) is 0 Å². The number of aromatic carboxylic acids is 1. The molecule has 0 atom stereocenters. The van der Waals surface area contributed by atoms with Crippen LogP contribution in [0, 0.1) is 5.82 Å². The van der Waals surface area contributed by atoms with E-state index in [0.717, 1.165) is 23.8 Å². The second-order valence-electron chi connectivity index (χ2n) is 4.91. The predicted octanol–water partition coefficient (Wildman–Crippen LogP) is 2.05. The SMILES string of the molecule is COc1ccccc1CCNS(=O)(=O)c1cc(C(=O)O)ccc1F. The summed E-state index contributed by atoms with van der Waals surface area (Å²) < 4.78 is 45.6. The van der Waals surface area contributed by atoms with Crippen LogP contribution in [0.5, 0.6) is 5.75 Å². The van der Waals surface area contributed by atoms with Gasteiger partial charge >= 0.3 is 5.97 Å². The average molecular weight is 353 g/mol. The highest BCUT2D eigenvalue weighted by molar-refractivity contribution is 7.89. The van der Waals surface area contributed by atoms with Crippen molar-refractivity contribution < 1.29 is 27.4 Å². The third-order valence-corrected chi connectivity index (χ3v) is 4.82. The standard InChI is InChI=1S/C16H16FNO5S/c1-23-14-5-3-2-4-11(14)8-9-18-24(21,22)15-10-12(16(19)20)6-7-13(15)17/h2-7,10,18H,8-9H2,1H3,(H,19,20). The number of sulfonamides is 1. The first-order valence-corrected chi connectivity index (χ1v) is 8.48. The first kappa shape index (κ1) is 17.9. The molecule has 0 amide bonds. The van der Waals surface area contributed by atoms with E-state index in [4.69, 9.17) is 9.84 Å². The minimum atomic E-state index is -4.17.